The first kappa shape index (κ1) is 16.7. The predicted octanol–water partition coefficient (Wildman–Crippen LogP) is 3.98. The molecule has 0 atom stereocenters. The van der Waals surface area contributed by atoms with Crippen LogP contribution in [0, 0.1) is 0 Å². The van der Waals surface area contributed by atoms with Crippen molar-refractivity contribution in [3.8, 4) is 16.9 Å². The number of carbonyl (C=O) groups is 2. The molecule has 4 nitrogen and oxygen atoms in total. The van der Waals surface area contributed by atoms with Gasteiger partial charge in [-0.2, -0.15) is 0 Å². The smallest absolute Gasteiger partial charge is 0.305 e. The number of rotatable bonds is 7. The molecule has 2 rings (SSSR count). The lowest BCUT2D eigenvalue weighted by Crippen LogP contribution is -2.06. The van der Waals surface area contributed by atoms with E-state index in [0.29, 0.717) is 13.0 Å². The van der Waals surface area contributed by atoms with Crippen LogP contribution in [0.1, 0.15) is 36.5 Å². The highest BCUT2D eigenvalue weighted by atomic mass is 16.5. The summed E-state index contributed by atoms with van der Waals surface area (Å²) in [7, 11) is 0. The van der Waals surface area contributed by atoms with Crippen molar-refractivity contribution in [3.63, 3.8) is 0 Å². The van der Waals surface area contributed by atoms with Gasteiger partial charge in [0.2, 0.25) is 0 Å². The molecule has 0 unspecified atom stereocenters. The zero-order chi connectivity index (χ0) is 16.7. The Labute approximate surface area is 135 Å². The van der Waals surface area contributed by atoms with Crippen LogP contribution in [0.15, 0.2) is 48.5 Å². The van der Waals surface area contributed by atoms with E-state index in [4.69, 9.17) is 4.74 Å². The quantitative estimate of drug-likeness (QED) is 0.620. The number of benzene rings is 2. The maximum absolute atomic E-state index is 12.1. The molecule has 0 amide bonds. The Bertz CT molecular complexity index is 677. The maximum Gasteiger partial charge on any atom is 0.305 e. The Kier molecular flexibility index (Phi) is 5.92. The van der Waals surface area contributed by atoms with Crippen LogP contribution in [0.25, 0.3) is 11.1 Å². The number of ether oxygens (including phenoxy) is 1. The number of Topliss-reactive ketones (excluding diaryl/α,β-unsaturated/α-hetero) is 1. The van der Waals surface area contributed by atoms with Crippen molar-refractivity contribution in [2.24, 2.45) is 0 Å². The van der Waals surface area contributed by atoms with Crippen LogP contribution in [-0.2, 0) is 9.53 Å². The topological polar surface area (TPSA) is 63.6 Å². The number of hydrogen-bond donors (Lipinski definition) is 1. The largest absolute Gasteiger partial charge is 0.507 e. The highest BCUT2D eigenvalue weighted by Gasteiger charge is 2.13. The molecule has 0 saturated carbocycles. The van der Waals surface area contributed by atoms with Crippen LogP contribution < -0.4 is 0 Å². The molecule has 2 aromatic rings. The van der Waals surface area contributed by atoms with E-state index in [1.807, 2.05) is 36.4 Å². The SMILES string of the molecule is CCOC(=O)CCCC(=O)c1ccc(-c2ccccc2)cc1O. The number of carbonyl (C=O) groups excluding carboxylic acids is 2. The molecule has 0 aliphatic heterocycles. The summed E-state index contributed by atoms with van der Waals surface area (Å²) in [6.07, 6.45) is 0.830. The van der Waals surface area contributed by atoms with E-state index in [9.17, 15) is 14.7 Å². The molecule has 1 N–H and O–H groups in total. The van der Waals surface area contributed by atoms with Gasteiger partial charge in [-0.15, -0.1) is 0 Å². The molecule has 0 fully saturated rings. The molecule has 0 heterocycles. The van der Waals surface area contributed by atoms with Gasteiger partial charge in [-0.3, -0.25) is 9.59 Å². The number of phenols is 1. The van der Waals surface area contributed by atoms with Gasteiger partial charge in [-0.25, -0.2) is 0 Å². The lowest BCUT2D eigenvalue weighted by atomic mass is 9.99. The molecule has 0 spiro atoms. The first-order valence-electron chi connectivity index (χ1n) is 7.69. The zero-order valence-corrected chi connectivity index (χ0v) is 13.1. The fraction of sp³-hybridized carbons (Fsp3) is 0.263. The normalized spacial score (nSPS) is 10.3. The van der Waals surface area contributed by atoms with E-state index in [1.54, 1.807) is 19.1 Å². The van der Waals surface area contributed by atoms with E-state index >= 15 is 0 Å². The van der Waals surface area contributed by atoms with Crippen molar-refractivity contribution in [1.29, 1.82) is 0 Å². The maximum atomic E-state index is 12.1. The second-order valence-corrected chi connectivity index (χ2v) is 5.18. The van der Waals surface area contributed by atoms with Crippen molar-refractivity contribution in [3.05, 3.63) is 54.1 Å². The van der Waals surface area contributed by atoms with Crippen molar-refractivity contribution in [2.75, 3.05) is 6.61 Å². The third kappa shape index (κ3) is 4.68. The zero-order valence-electron chi connectivity index (χ0n) is 13.1. The van der Waals surface area contributed by atoms with Crippen LogP contribution in [-0.4, -0.2) is 23.5 Å². The Morgan fingerprint density at radius 2 is 1.74 bits per heavy atom. The van der Waals surface area contributed by atoms with Crippen molar-refractivity contribution in [2.45, 2.75) is 26.2 Å². The highest BCUT2D eigenvalue weighted by molar-refractivity contribution is 5.99. The van der Waals surface area contributed by atoms with Crippen molar-refractivity contribution < 1.29 is 19.4 Å². The molecule has 0 aliphatic rings. The lowest BCUT2D eigenvalue weighted by Gasteiger charge is -2.07. The lowest BCUT2D eigenvalue weighted by molar-refractivity contribution is -0.143. The molecule has 0 radical (unpaired) electrons. The number of aromatic hydroxyl groups is 1. The first-order valence-corrected chi connectivity index (χ1v) is 7.69. The number of hydrogen-bond acceptors (Lipinski definition) is 4. The molecule has 120 valence electrons. The minimum Gasteiger partial charge on any atom is -0.507 e. The van der Waals surface area contributed by atoms with Gasteiger partial charge in [-0.1, -0.05) is 36.4 Å². The Hall–Kier alpha value is -2.62. The van der Waals surface area contributed by atoms with Crippen molar-refractivity contribution >= 4 is 11.8 Å². The Morgan fingerprint density at radius 1 is 1.00 bits per heavy atom. The molecule has 23 heavy (non-hydrogen) atoms. The summed E-state index contributed by atoms with van der Waals surface area (Å²) in [6.45, 7) is 2.09. The molecule has 0 saturated heterocycles. The van der Waals surface area contributed by atoms with Gasteiger partial charge in [0.05, 0.1) is 12.2 Å². The summed E-state index contributed by atoms with van der Waals surface area (Å²) in [4.78, 5) is 23.4. The van der Waals surface area contributed by atoms with Gasteiger partial charge in [0.1, 0.15) is 5.75 Å². The molecule has 0 bridgehead atoms. The number of esters is 1. The van der Waals surface area contributed by atoms with Gasteiger partial charge in [0.25, 0.3) is 0 Å². The molecule has 4 heteroatoms. The molecule has 0 aromatic heterocycles. The third-order valence-electron chi connectivity index (χ3n) is 3.50. The van der Waals surface area contributed by atoms with Gasteiger partial charge in [0, 0.05) is 12.8 Å². The van der Waals surface area contributed by atoms with E-state index in [-0.39, 0.29) is 35.9 Å². The summed E-state index contributed by atoms with van der Waals surface area (Å²) in [5, 5.41) is 10.1. The minimum atomic E-state index is -0.302. The van der Waals surface area contributed by atoms with Gasteiger partial charge in [-0.05, 0) is 36.6 Å². The summed E-state index contributed by atoms with van der Waals surface area (Å²) in [5.41, 5.74) is 2.11. The number of ketones is 1. The molecule has 0 aliphatic carbocycles. The van der Waals surface area contributed by atoms with Crippen LogP contribution in [0.3, 0.4) is 0 Å². The van der Waals surface area contributed by atoms with Crippen LogP contribution in [0.4, 0.5) is 0 Å². The summed E-state index contributed by atoms with van der Waals surface area (Å²) in [5.74, 6) is -0.511. The van der Waals surface area contributed by atoms with Crippen LogP contribution >= 0.6 is 0 Å². The predicted molar refractivity (Wildman–Crippen MR) is 88.4 cm³/mol. The van der Waals surface area contributed by atoms with Crippen molar-refractivity contribution in [1.82, 2.24) is 0 Å². The summed E-state index contributed by atoms with van der Waals surface area (Å²) >= 11 is 0. The Balaban J connectivity index is 2.00. The number of phenolic OH excluding ortho intramolecular Hbond substituents is 1. The minimum absolute atomic E-state index is 0.0347. The van der Waals surface area contributed by atoms with E-state index in [2.05, 4.69) is 0 Å². The second kappa shape index (κ2) is 8.13. The monoisotopic (exact) mass is 312 g/mol. The molecular formula is C19H20O4. The van der Waals surface area contributed by atoms with E-state index in [0.717, 1.165) is 11.1 Å². The summed E-state index contributed by atoms with van der Waals surface area (Å²) < 4.78 is 4.82. The van der Waals surface area contributed by atoms with Gasteiger partial charge in [0.15, 0.2) is 5.78 Å². The fourth-order valence-corrected chi connectivity index (χ4v) is 2.34. The molecular weight excluding hydrogens is 292 g/mol. The molecule has 2 aromatic carbocycles. The third-order valence-corrected chi connectivity index (χ3v) is 3.50. The first-order chi connectivity index (χ1) is 11.1. The van der Waals surface area contributed by atoms with Gasteiger partial charge >= 0.3 is 5.97 Å². The fourth-order valence-electron chi connectivity index (χ4n) is 2.34. The Morgan fingerprint density at radius 3 is 2.39 bits per heavy atom. The van der Waals surface area contributed by atoms with E-state index in [1.165, 1.54) is 0 Å². The average molecular weight is 312 g/mol. The van der Waals surface area contributed by atoms with E-state index < -0.39 is 0 Å². The van der Waals surface area contributed by atoms with Crippen LogP contribution in [0.5, 0.6) is 5.75 Å². The van der Waals surface area contributed by atoms with Gasteiger partial charge < -0.3 is 9.84 Å². The van der Waals surface area contributed by atoms with Crippen LogP contribution in [0.2, 0.25) is 0 Å². The highest BCUT2D eigenvalue weighted by Crippen LogP contribution is 2.27. The standard InChI is InChI=1S/C19H20O4/c1-2-23-19(22)10-6-9-17(20)16-12-11-15(13-18(16)21)14-7-4-3-5-8-14/h3-5,7-8,11-13,21H,2,6,9-10H2,1H3. The summed E-state index contributed by atoms with van der Waals surface area (Å²) in [6, 6.07) is 14.7. The second-order valence-electron chi connectivity index (χ2n) is 5.18. The average Bonchev–Trinajstić information content (AvgIpc) is 2.55.